The van der Waals surface area contributed by atoms with Crippen LogP contribution in [0.15, 0.2) is 31.4 Å². The van der Waals surface area contributed by atoms with Crippen LogP contribution in [0.5, 0.6) is 0 Å². The van der Waals surface area contributed by atoms with Crippen LogP contribution in [-0.4, -0.2) is 17.1 Å². The first kappa shape index (κ1) is 13.5. The maximum Gasteiger partial charge on any atom is 0.330 e. The fourth-order valence-electron chi connectivity index (χ4n) is 1.56. The Labute approximate surface area is 103 Å². The van der Waals surface area contributed by atoms with Crippen LogP contribution in [0.1, 0.15) is 26.2 Å². The molecular formula is C13H21N2O2+. The summed E-state index contributed by atoms with van der Waals surface area (Å²) in [7, 11) is 0. The molecule has 1 aromatic rings. The van der Waals surface area contributed by atoms with Gasteiger partial charge in [0.25, 0.3) is 0 Å². The van der Waals surface area contributed by atoms with E-state index in [0.717, 1.165) is 32.4 Å². The Morgan fingerprint density at radius 2 is 2.29 bits per heavy atom. The highest BCUT2D eigenvalue weighted by molar-refractivity contribution is 5.81. The first-order valence-corrected chi connectivity index (χ1v) is 6.10. The molecule has 0 aromatic carbocycles. The van der Waals surface area contributed by atoms with Gasteiger partial charge in [0.1, 0.15) is 12.4 Å². The second-order valence-electron chi connectivity index (χ2n) is 3.91. The van der Waals surface area contributed by atoms with Crippen molar-refractivity contribution in [2.45, 2.75) is 39.3 Å². The number of hydrogen-bond acceptors (Lipinski definition) is 2. The zero-order valence-electron chi connectivity index (χ0n) is 10.5. The van der Waals surface area contributed by atoms with Crippen molar-refractivity contribution >= 4 is 5.97 Å². The topological polar surface area (TPSA) is 35.1 Å². The predicted octanol–water partition coefficient (Wildman–Crippen LogP) is 1.70. The van der Waals surface area contributed by atoms with Crippen LogP contribution in [0.25, 0.3) is 0 Å². The number of ether oxygens (including phenoxy) is 1. The molecule has 0 fully saturated rings. The van der Waals surface area contributed by atoms with E-state index in [-0.39, 0.29) is 5.97 Å². The lowest BCUT2D eigenvalue weighted by Gasteiger charge is -2.01. The molecule has 0 aliphatic heterocycles. The number of aromatic nitrogens is 2. The van der Waals surface area contributed by atoms with Crippen molar-refractivity contribution in [1.29, 1.82) is 0 Å². The largest absolute Gasteiger partial charge is 0.463 e. The number of rotatable bonds is 8. The lowest BCUT2D eigenvalue weighted by atomic mass is 10.2. The Morgan fingerprint density at radius 1 is 1.47 bits per heavy atom. The Hall–Kier alpha value is -1.58. The van der Waals surface area contributed by atoms with Gasteiger partial charge in [0.05, 0.1) is 19.7 Å². The molecule has 94 valence electrons. The van der Waals surface area contributed by atoms with Gasteiger partial charge in [-0.1, -0.05) is 6.58 Å². The average Bonchev–Trinajstić information content (AvgIpc) is 2.81. The Bertz CT molecular complexity index is 358. The van der Waals surface area contributed by atoms with Crippen LogP contribution >= 0.6 is 0 Å². The lowest BCUT2D eigenvalue weighted by Crippen LogP contribution is -2.30. The van der Waals surface area contributed by atoms with Gasteiger partial charge in [0, 0.05) is 6.08 Å². The molecule has 0 unspecified atom stereocenters. The summed E-state index contributed by atoms with van der Waals surface area (Å²) in [6.07, 6.45) is 10.5. The summed E-state index contributed by atoms with van der Waals surface area (Å²) in [6, 6.07) is 0. The highest BCUT2D eigenvalue weighted by Gasteiger charge is 2.01. The molecule has 0 radical (unpaired) electrons. The van der Waals surface area contributed by atoms with E-state index in [0.29, 0.717) is 6.61 Å². The maximum absolute atomic E-state index is 10.8. The monoisotopic (exact) mass is 237 g/mol. The Balaban J connectivity index is 2.04. The number of imidazole rings is 1. The van der Waals surface area contributed by atoms with Gasteiger partial charge in [-0.3, -0.25) is 0 Å². The normalized spacial score (nSPS) is 10.2. The van der Waals surface area contributed by atoms with Gasteiger partial charge in [-0.2, -0.15) is 0 Å². The Kier molecular flexibility index (Phi) is 6.07. The minimum Gasteiger partial charge on any atom is -0.463 e. The van der Waals surface area contributed by atoms with E-state index < -0.39 is 0 Å². The van der Waals surface area contributed by atoms with Gasteiger partial charge in [0.15, 0.2) is 0 Å². The zero-order chi connectivity index (χ0) is 12.5. The van der Waals surface area contributed by atoms with Crippen LogP contribution in [0, 0.1) is 0 Å². The van der Waals surface area contributed by atoms with Gasteiger partial charge in [-0.25, -0.2) is 13.9 Å². The number of nitrogens with zero attached hydrogens (tertiary/aromatic N) is 2. The van der Waals surface area contributed by atoms with Crippen LogP contribution in [0.3, 0.4) is 0 Å². The van der Waals surface area contributed by atoms with Gasteiger partial charge in [0.2, 0.25) is 6.33 Å². The van der Waals surface area contributed by atoms with E-state index in [2.05, 4.69) is 41.4 Å². The first-order valence-electron chi connectivity index (χ1n) is 6.10. The summed E-state index contributed by atoms with van der Waals surface area (Å²) in [4.78, 5) is 10.8. The van der Waals surface area contributed by atoms with E-state index in [1.165, 1.54) is 6.08 Å². The molecule has 0 saturated heterocycles. The molecule has 0 aliphatic carbocycles. The number of carbonyl (C=O) groups is 1. The first-order chi connectivity index (χ1) is 8.26. The third-order valence-electron chi connectivity index (χ3n) is 2.58. The molecule has 17 heavy (non-hydrogen) atoms. The summed E-state index contributed by atoms with van der Waals surface area (Å²) < 4.78 is 9.22. The third-order valence-corrected chi connectivity index (χ3v) is 2.58. The molecule has 0 bridgehead atoms. The summed E-state index contributed by atoms with van der Waals surface area (Å²) in [6.45, 7) is 7.98. The highest BCUT2D eigenvalue weighted by Crippen LogP contribution is 1.97. The van der Waals surface area contributed by atoms with Gasteiger partial charge >= 0.3 is 5.97 Å². The molecule has 0 atom stereocenters. The van der Waals surface area contributed by atoms with Crippen LogP contribution < -0.4 is 4.57 Å². The fraction of sp³-hybridized carbons (Fsp3) is 0.538. The molecular weight excluding hydrogens is 216 g/mol. The van der Waals surface area contributed by atoms with Crippen LogP contribution in [0.4, 0.5) is 0 Å². The molecule has 4 nitrogen and oxygen atoms in total. The van der Waals surface area contributed by atoms with Gasteiger partial charge in [-0.05, 0) is 26.2 Å². The summed E-state index contributed by atoms with van der Waals surface area (Å²) in [5.41, 5.74) is 0. The van der Waals surface area contributed by atoms with E-state index in [9.17, 15) is 4.79 Å². The molecule has 0 amide bonds. The van der Waals surface area contributed by atoms with E-state index >= 15 is 0 Å². The number of hydrogen-bond donors (Lipinski definition) is 0. The minimum absolute atomic E-state index is 0.334. The second kappa shape index (κ2) is 7.65. The number of aryl methyl sites for hydroxylation is 2. The fourth-order valence-corrected chi connectivity index (χ4v) is 1.56. The highest BCUT2D eigenvalue weighted by atomic mass is 16.5. The number of esters is 1. The number of carbonyl (C=O) groups excluding carboxylic acids is 1. The average molecular weight is 237 g/mol. The van der Waals surface area contributed by atoms with E-state index in [4.69, 9.17) is 4.74 Å². The molecule has 1 rings (SSSR count). The third kappa shape index (κ3) is 5.33. The number of unbranched alkanes of at least 4 members (excludes halogenated alkanes) is 2. The molecule has 0 saturated carbocycles. The van der Waals surface area contributed by atoms with Crippen molar-refractivity contribution in [2.75, 3.05) is 6.61 Å². The van der Waals surface area contributed by atoms with Crippen LogP contribution in [0.2, 0.25) is 0 Å². The molecule has 1 heterocycles. The van der Waals surface area contributed by atoms with Crippen molar-refractivity contribution < 1.29 is 14.1 Å². The molecule has 0 N–H and O–H groups in total. The second-order valence-corrected chi connectivity index (χ2v) is 3.91. The van der Waals surface area contributed by atoms with Crippen molar-refractivity contribution in [3.8, 4) is 0 Å². The summed E-state index contributed by atoms with van der Waals surface area (Å²) in [5.74, 6) is -0.334. The SMILES string of the molecule is C=CC(=O)OCCCCC[n+]1ccn(CC)c1. The zero-order valence-corrected chi connectivity index (χ0v) is 10.5. The van der Waals surface area contributed by atoms with Crippen molar-refractivity contribution in [3.05, 3.63) is 31.4 Å². The predicted molar refractivity (Wildman–Crippen MR) is 65.3 cm³/mol. The minimum atomic E-state index is -0.334. The van der Waals surface area contributed by atoms with Gasteiger partial charge in [-0.15, -0.1) is 0 Å². The molecule has 4 heteroatoms. The van der Waals surface area contributed by atoms with Crippen molar-refractivity contribution in [2.24, 2.45) is 0 Å². The quantitative estimate of drug-likeness (QED) is 0.298. The molecule has 0 spiro atoms. The summed E-state index contributed by atoms with van der Waals surface area (Å²) in [5, 5.41) is 0. The smallest absolute Gasteiger partial charge is 0.330 e. The Morgan fingerprint density at radius 3 is 2.94 bits per heavy atom. The van der Waals surface area contributed by atoms with Gasteiger partial charge < -0.3 is 4.74 Å². The van der Waals surface area contributed by atoms with Crippen molar-refractivity contribution in [1.82, 2.24) is 4.57 Å². The standard InChI is InChI=1S/C13H21N2O2/c1-3-13(16)17-11-7-5-6-8-15-10-9-14(4-2)12-15/h3,9-10,12H,1,4-8,11H2,2H3/q+1. The summed E-state index contributed by atoms with van der Waals surface area (Å²) >= 11 is 0. The lowest BCUT2D eigenvalue weighted by molar-refractivity contribution is -0.696. The van der Waals surface area contributed by atoms with E-state index in [1.54, 1.807) is 0 Å². The maximum atomic E-state index is 10.8. The van der Waals surface area contributed by atoms with E-state index in [1.807, 2.05) is 0 Å². The molecule has 1 aromatic heterocycles. The molecule has 0 aliphatic rings. The van der Waals surface area contributed by atoms with Crippen LogP contribution in [-0.2, 0) is 22.6 Å². The van der Waals surface area contributed by atoms with Crippen molar-refractivity contribution in [3.63, 3.8) is 0 Å².